The maximum atomic E-state index is 12.9. The number of halogens is 1. The molecule has 1 saturated heterocycles. The fourth-order valence-corrected chi connectivity index (χ4v) is 4.70. The van der Waals surface area contributed by atoms with E-state index in [0.29, 0.717) is 34.4 Å². The third kappa shape index (κ3) is 6.99. The van der Waals surface area contributed by atoms with Crippen LogP contribution >= 0.6 is 23.4 Å². The van der Waals surface area contributed by atoms with Gasteiger partial charge in [0.15, 0.2) is 11.5 Å². The van der Waals surface area contributed by atoms with Crippen molar-refractivity contribution in [1.82, 2.24) is 4.90 Å². The minimum absolute atomic E-state index is 0.00988. The standard InChI is InChI=1S/C28H24ClN3O7S/c1-3-38-24-12-19(7-11-23(24)39-16-18-5-9-21(10-6-18)32(36)37)13-25-27(34)31(28(35)40-25)15-26(33)30-20-8-4-17(2)22(29)14-20/h4-14H,3,15-16H2,1-2H3,(H,30,33)/b25-13+. The number of thioether (sulfide) groups is 1. The number of non-ortho nitro benzene ring substituents is 1. The number of anilines is 1. The molecular weight excluding hydrogens is 558 g/mol. The van der Waals surface area contributed by atoms with E-state index in [1.54, 1.807) is 54.6 Å². The molecule has 0 bridgehead atoms. The van der Waals surface area contributed by atoms with Gasteiger partial charge in [-0.2, -0.15) is 0 Å². The summed E-state index contributed by atoms with van der Waals surface area (Å²) in [6.07, 6.45) is 1.55. The van der Waals surface area contributed by atoms with Crippen LogP contribution in [-0.2, 0) is 16.2 Å². The number of ether oxygens (including phenoxy) is 2. The predicted molar refractivity (Wildman–Crippen MR) is 153 cm³/mol. The molecule has 0 aliphatic carbocycles. The van der Waals surface area contributed by atoms with E-state index in [4.69, 9.17) is 21.1 Å². The fraction of sp³-hybridized carbons (Fsp3) is 0.179. The number of hydrogen-bond donors (Lipinski definition) is 1. The lowest BCUT2D eigenvalue weighted by Gasteiger charge is -2.13. The molecule has 1 aliphatic heterocycles. The van der Waals surface area contributed by atoms with Crippen LogP contribution in [0.3, 0.4) is 0 Å². The van der Waals surface area contributed by atoms with Crippen molar-refractivity contribution in [2.24, 2.45) is 0 Å². The largest absolute Gasteiger partial charge is 0.490 e. The van der Waals surface area contributed by atoms with Gasteiger partial charge in [-0.25, -0.2) is 0 Å². The Kier molecular flexibility index (Phi) is 9.08. The van der Waals surface area contributed by atoms with E-state index in [1.165, 1.54) is 12.1 Å². The first-order valence-electron chi connectivity index (χ1n) is 12.1. The molecule has 0 radical (unpaired) electrons. The third-order valence-electron chi connectivity index (χ3n) is 5.74. The molecular formula is C28H24ClN3O7S. The van der Waals surface area contributed by atoms with Crippen molar-refractivity contribution in [1.29, 1.82) is 0 Å². The molecule has 10 nitrogen and oxygen atoms in total. The Morgan fingerprint density at radius 3 is 2.50 bits per heavy atom. The predicted octanol–water partition coefficient (Wildman–Crippen LogP) is 6.21. The van der Waals surface area contributed by atoms with Crippen molar-refractivity contribution in [2.75, 3.05) is 18.5 Å². The number of hydrogen-bond acceptors (Lipinski definition) is 8. The number of nitro groups is 1. The highest BCUT2D eigenvalue weighted by atomic mass is 35.5. The molecule has 0 aromatic heterocycles. The van der Waals surface area contributed by atoms with E-state index < -0.39 is 28.5 Å². The molecule has 12 heteroatoms. The lowest BCUT2D eigenvalue weighted by molar-refractivity contribution is -0.384. The zero-order valence-corrected chi connectivity index (χ0v) is 23.1. The van der Waals surface area contributed by atoms with E-state index in [1.807, 2.05) is 13.8 Å². The Morgan fingerprint density at radius 2 is 1.82 bits per heavy atom. The monoisotopic (exact) mass is 581 g/mol. The van der Waals surface area contributed by atoms with E-state index in [-0.39, 0.29) is 17.2 Å². The zero-order valence-electron chi connectivity index (χ0n) is 21.5. The molecule has 1 heterocycles. The maximum Gasteiger partial charge on any atom is 0.294 e. The summed E-state index contributed by atoms with van der Waals surface area (Å²) < 4.78 is 11.6. The minimum atomic E-state index is -0.580. The minimum Gasteiger partial charge on any atom is -0.490 e. The van der Waals surface area contributed by atoms with Gasteiger partial charge in [-0.15, -0.1) is 0 Å². The van der Waals surface area contributed by atoms with Gasteiger partial charge in [0.2, 0.25) is 5.91 Å². The second-order valence-electron chi connectivity index (χ2n) is 8.63. The molecule has 40 heavy (non-hydrogen) atoms. The van der Waals surface area contributed by atoms with Gasteiger partial charge in [0.05, 0.1) is 16.4 Å². The summed E-state index contributed by atoms with van der Waals surface area (Å²) >= 11 is 6.83. The van der Waals surface area contributed by atoms with Gasteiger partial charge in [-0.3, -0.25) is 29.4 Å². The summed E-state index contributed by atoms with van der Waals surface area (Å²) in [5, 5.41) is 13.4. The van der Waals surface area contributed by atoms with Crippen LogP contribution in [0.1, 0.15) is 23.6 Å². The highest BCUT2D eigenvalue weighted by Crippen LogP contribution is 2.35. The first-order chi connectivity index (χ1) is 19.1. The molecule has 1 fully saturated rings. The van der Waals surface area contributed by atoms with Gasteiger partial charge in [0.1, 0.15) is 13.2 Å². The molecule has 0 unspecified atom stereocenters. The van der Waals surface area contributed by atoms with Crippen LogP contribution in [0.4, 0.5) is 16.2 Å². The van der Waals surface area contributed by atoms with Gasteiger partial charge >= 0.3 is 0 Å². The Bertz CT molecular complexity index is 1510. The number of nitrogens with zero attached hydrogens (tertiary/aromatic N) is 2. The second-order valence-corrected chi connectivity index (χ2v) is 10.0. The Hall–Kier alpha value is -4.35. The molecule has 206 valence electrons. The van der Waals surface area contributed by atoms with Crippen molar-refractivity contribution < 1.29 is 28.8 Å². The summed E-state index contributed by atoms with van der Waals surface area (Å²) in [6, 6.07) is 16.1. The molecule has 3 aromatic carbocycles. The molecule has 1 N–H and O–H groups in total. The van der Waals surface area contributed by atoms with Gasteiger partial charge in [-0.1, -0.05) is 23.7 Å². The Morgan fingerprint density at radius 1 is 1.07 bits per heavy atom. The number of aryl methyl sites for hydroxylation is 1. The summed E-state index contributed by atoms with van der Waals surface area (Å²) in [6.45, 7) is 3.73. The average molecular weight is 582 g/mol. The average Bonchev–Trinajstić information content (AvgIpc) is 3.18. The molecule has 0 saturated carbocycles. The van der Waals surface area contributed by atoms with Crippen molar-refractivity contribution in [3.05, 3.63) is 97.4 Å². The number of nitro benzene ring substituents is 1. The number of nitrogens with one attached hydrogen (secondary N) is 1. The molecule has 0 atom stereocenters. The van der Waals surface area contributed by atoms with Crippen LogP contribution < -0.4 is 14.8 Å². The number of rotatable bonds is 10. The molecule has 0 spiro atoms. The lowest BCUT2D eigenvalue weighted by atomic mass is 10.1. The fourth-order valence-electron chi connectivity index (χ4n) is 3.68. The molecule has 4 rings (SSSR count). The molecule has 3 amide bonds. The topological polar surface area (TPSA) is 128 Å². The van der Waals surface area contributed by atoms with E-state index in [0.717, 1.165) is 27.8 Å². The third-order valence-corrected chi connectivity index (χ3v) is 7.05. The highest BCUT2D eigenvalue weighted by Gasteiger charge is 2.36. The van der Waals surface area contributed by atoms with Crippen LogP contribution in [0.5, 0.6) is 11.5 Å². The molecule has 1 aliphatic rings. The van der Waals surface area contributed by atoms with E-state index in [9.17, 15) is 24.5 Å². The number of benzene rings is 3. The van der Waals surface area contributed by atoms with E-state index in [2.05, 4.69) is 5.32 Å². The smallest absolute Gasteiger partial charge is 0.294 e. The highest BCUT2D eigenvalue weighted by molar-refractivity contribution is 8.18. The van der Waals surface area contributed by atoms with Gasteiger partial charge < -0.3 is 14.8 Å². The normalized spacial score (nSPS) is 14.0. The number of carbonyl (C=O) groups excluding carboxylic acids is 3. The molecule has 3 aromatic rings. The quantitative estimate of drug-likeness (QED) is 0.170. The van der Waals surface area contributed by atoms with Crippen molar-refractivity contribution in [3.8, 4) is 11.5 Å². The van der Waals surface area contributed by atoms with Gasteiger partial charge in [-0.05, 0) is 84.8 Å². The second kappa shape index (κ2) is 12.7. The first kappa shape index (κ1) is 28.7. The van der Waals surface area contributed by atoms with E-state index >= 15 is 0 Å². The Labute approximate surface area is 239 Å². The van der Waals surface area contributed by atoms with Crippen molar-refractivity contribution in [3.63, 3.8) is 0 Å². The maximum absolute atomic E-state index is 12.9. The van der Waals surface area contributed by atoms with Crippen LogP contribution in [0.25, 0.3) is 6.08 Å². The first-order valence-corrected chi connectivity index (χ1v) is 13.3. The zero-order chi connectivity index (χ0) is 28.8. The SMILES string of the molecule is CCOc1cc(/C=C2/SC(=O)N(CC(=O)Nc3ccc(C)c(Cl)c3)C2=O)ccc1OCc1ccc([N+](=O)[O-])cc1. The summed E-state index contributed by atoms with van der Waals surface area (Å²) in [7, 11) is 0. The van der Waals surface area contributed by atoms with Crippen LogP contribution in [0, 0.1) is 17.0 Å². The summed E-state index contributed by atoms with van der Waals surface area (Å²) in [5.41, 5.74) is 2.63. The lowest BCUT2D eigenvalue weighted by Crippen LogP contribution is -2.36. The number of carbonyl (C=O) groups is 3. The number of amides is 3. The number of imide groups is 1. The van der Waals surface area contributed by atoms with Crippen LogP contribution in [0.2, 0.25) is 5.02 Å². The van der Waals surface area contributed by atoms with Gasteiger partial charge in [0, 0.05) is 22.8 Å². The Balaban J connectivity index is 1.43. The van der Waals surface area contributed by atoms with Crippen LogP contribution in [0.15, 0.2) is 65.6 Å². The van der Waals surface area contributed by atoms with Crippen LogP contribution in [-0.4, -0.2) is 40.0 Å². The summed E-state index contributed by atoms with van der Waals surface area (Å²) in [5.74, 6) is -0.243. The van der Waals surface area contributed by atoms with Crippen molar-refractivity contribution in [2.45, 2.75) is 20.5 Å². The summed E-state index contributed by atoms with van der Waals surface area (Å²) in [4.78, 5) is 49.4. The van der Waals surface area contributed by atoms with Gasteiger partial charge in [0.25, 0.3) is 16.8 Å². The van der Waals surface area contributed by atoms with Crippen molar-refractivity contribution >= 4 is 57.9 Å².